The molecule has 0 spiro atoms. The molecule has 25 heavy (non-hydrogen) atoms. The molecule has 1 saturated heterocycles. The maximum Gasteiger partial charge on any atom is 0.409 e. The highest BCUT2D eigenvalue weighted by atomic mass is 32.2. The van der Waals surface area contributed by atoms with Crippen LogP contribution >= 0.6 is 0 Å². The summed E-state index contributed by atoms with van der Waals surface area (Å²) in [6.07, 6.45) is 1.24. The zero-order valence-corrected chi connectivity index (χ0v) is 14.5. The number of carbonyl (C=O) groups excluding carboxylic acids is 1. The van der Waals surface area contributed by atoms with Crippen LogP contribution in [0.15, 0.2) is 41.8 Å². The first-order valence-electron chi connectivity index (χ1n) is 7.83. The highest BCUT2D eigenvalue weighted by Gasteiger charge is 2.29. The molecule has 1 aromatic carbocycles. The number of hydrogen-bond donors (Lipinski definition) is 3. The number of piperidine rings is 1. The summed E-state index contributed by atoms with van der Waals surface area (Å²) in [5.41, 5.74) is 0.204. The van der Waals surface area contributed by atoms with E-state index in [9.17, 15) is 18.0 Å². The van der Waals surface area contributed by atoms with E-state index in [1.165, 1.54) is 34.6 Å². The molecule has 1 heterocycles. The lowest BCUT2D eigenvalue weighted by atomic mass is 9.98. The molecule has 0 aliphatic carbocycles. The number of sulfonamides is 1. The van der Waals surface area contributed by atoms with E-state index < -0.39 is 16.1 Å². The molecule has 8 nitrogen and oxygen atoms in total. The molecule has 1 fully saturated rings. The van der Waals surface area contributed by atoms with Gasteiger partial charge in [0.05, 0.1) is 4.90 Å². The quantitative estimate of drug-likeness (QED) is 0.659. The van der Waals surface area contributed by atoms with Crippen molar-refractivity contribution in [1.29, 1.82) is 0 Å². The molecule has 1 aromatic rings. The molecule has 0 saturated carbocycles. The van der Waals surface area contributed by atoms with E-state index >= 15 is 0 Å². The van der Waals surface area contributed by atoms with Crippen molar-refractivity contribution in [3.05, 3.63) is 36.9 Å². The van der Waals surface area contributed by atoms with Crippen molar-refractivity contribution in [2.45, 2.75) is 17.7 Å². The van der Waals surface area contributed by atoms with Crippen LogP contribution in [0.2, 0.25) is 0 Å². The summed E-state index contributed by atoms with van der Waals surface area (Å²) in [6, 6.07) is 5.73. The van der Waals surface area contributed by atoms with Crippen LogP contribution in [0.3, 0.4) is 0 Å². The highest BCUT2D eigenvalue weighted by Crippen LogP contribution is 2.25. The van der Waals surface area contributed by atoms with E-state index in [0.717, 1.165) is 0 Å². The van der Waals surface area contributed by atoms with E-state index in [4.69, 9.17) is 5.11 Å². The Bertz CT molecular complexity index is 755. The SMILES string of the molecule is C=CC(=O)NCC1CCN(S(=O)(=O)c2cccc(NC(=O)O)c2)CC1. The molecule has 1 aliphatic rings. The Hall–Kier alpha value is -2.39. The molecular weight excluding hydrogens is 346 g/mol. The molecule has 3 N–H and O–H groups in total. The number of nitrogens with zero attached hydrogens (tertiary/aromatic N) is 1. The van der Waals surface area contributed by atoms with Crippen LogP contribution < -0.4 is 10.6 Å². The number of nitrogens with one attached hydrogen (secondary N) is 2. The van der Waals surface area contributed by atoms with E-state index in [1.807, 2.05) is 0 Å². The monoisotopic (exact) mass is 367 g/mol. The average molecular weight is 367 g/mol. The van der Waals surface area contributed by atoms with Gasteiger partial charge in [0.2, 0.25) is 15.9 Å². The van der Waals surface area contributed by atoms with Crippen molar-refractivity contribution >= 4 is 27.7 Å². The summed E-state index contributed by atoms with van der Waals surface area (Å²) in [4.78, 5) is 21.9. The fourth-order valence-corrected chi connectivity index (χ4v) is 4.19. The van der Waals surface area contributed by atoms with Gasteiger partial charge in [0, 0.05) is 25.3 Å². The summed E-state index contributed by atoms with van der Waals surface area (Å²) >= 11 is 0. The largest absolute Gasteiger partial charge is 0.465 e. The molecule has 9 heteroatoms. The maximum absolute atomic E-state index is 12.7. The second kappa shape index (κ2) is 8.13. The van der Waals surface area contributed by atoms with Crippen LogP contribution in [-0.2, 0) is 14.8 Å². The standard InChI is InChI=1S/C16H21N3O5S/c1-2-15(20)17-11-12-6-8-19(9-7-12)25(23,24)14-5-3-4-13(10-14)18-16(21)22/h2-5,10,12,18H,1,6-9,11H2,(H,17,20)(H,21,22). The van der Waals surface area contributed by atoms with E-state index in [1.54, 1.807) is 0 Å². The first kappa shape index (κ1) is 18.9. The van der Waals surface area contributed by atoms with E-state index in [-0.39, 0.29) is 22.4 Å². The summed E-state index contributed by atoms with van der Waals surface area (Å²) in [5, 5.41) is 13.6. The third kappa shape index (κ3) is 5.04. The number of anilines is 1. The molecule has 0 bridgehead atoms. The minimum atomic E-state index is -3.68. The molecule has 0 atom stereocenters. The average Bonchev–Trinajstić information content (AvgIpc) is 2.59. The molecule has 1 aliphatic heterocycles. The van der Waals surface area contributed by atoms with Crippen molar-refractivity contribution < 1.29 is 23.1 Å². The van der Waals surface area contributed by atoms with Gasteiger partial charge in [-0.3, -0.25) is 10.1 Å². The Balaban J connectivity index is 2.01. The predicted molar refractivity (Wildman–Crippen MR) is 92.8 cm³/mol. The maximum atomic E-state index is 12.7. The van der Waals surface area contributed by atoms with Crippen LogP contribution in [0.1, 0.15) is 12.8 Å². The smallest absolute Gasteiger partial charge is 0.409 e. The Morgan fingerprint density at radius 3 is 2.60 bits per heavy atom. The van der Waals surface area contributed by atoms with E-state index in [0.29, 0.717) is 32.5 Å². The molecule has 0 aromatic heterocycles. The van der Waals surface area contributed by atoms with E-state index in [2.05, 4.69) is 17.2 Å². The fourth-order valence-electron chi connectivity index (χ4n) is 2.68. The van der Waals surface area contributed by atoms with Gasteiger partial charge >= 0.3 is 6.09 Å². The second-order valence-electron chi connectivity index (χ2n) is 5.75. The van der Waals surface area contributed by atoms with Crippen LogP contribution in [0, 0.1) is 5.92 Å². The van der Waals surface area contributed by atoms with Crippen molar-refractivity contribution in [1.82, 2.24) is 9.62 Å². The molecule has 0 radical (unpaired) electrons. The summed E-state index contributed by atoms with van der Waals surface area (Å²) in [6.45, 7) is 4.59. The van der Waals surface area contributed by atoms with Crippen molar-refractivity contribution in [2.24, 2.45) is 5.92 Å². The lowest BCUT2D eigenvalue weighted by Crippen LogP contribution is -2.41. The van der Waals surface area contributed by atoms with Crippen LogP contribution in [0.5, 0.6) is 0 Å². The van der Waals surface area contributed by atoms with Gasteiger partial charge in [0.25, 0.3) is 0 Å². The lowest BCUT2D eigenvalue weighted by Gasteiger charge is -2.31. The zero-order valence-electron chi connectivity index (χ0n) is 13.6. The normalized spacial score (nSPS) is 16.2. The van der Waals surface area contributed by atoms with Gasteiger partial charge in [-0.15, -0.1) is 0 Å². The van der Waals surface area contributed by atoms with Gasteiger partial charge in [0.1, 0.15) is 0 Å². The van der Waals surface area contributed by atoms with Gasteiger partial charge in [-0.2, -0.15) is 4.31 Å². The van der Waals surface area contributed by atoms with Crippen molar-refractivity contribution in [3.8, 4) is 0 Å². The predicted octanol–water partition coefficient (Wildman–Crippen LogP) is 1.48. The number of benzene rings is 1. The van der Waals surface area contributed by atoms with Gasteiger partial charge in [0.15, 0.2) is 0 Å². The molecule has 136 valence electrons. The minimum Gasteiger partial charge on any atom is -0.465 e. The molecule has 0 unspecified atom stereocenters. The topological polar surface area (TPSA) is 116 Å². The number of amides is 2. The third-order valence-corrected chi connectivity index (χ3v) is 5.94. The Labute approximate surface area is 146 Å². The van der Waals surface area contributed by atoms with Crippen molar-refractivity contribution in [3.63, 3.8) is 0 Å². The zero-order chi connectivity index (χ0) is 18.4. The lowest BCUT2D eigenvalue weighted by molar-refractivity contribution is -0.116. The van der Waals surface area contributed by atoms with Gasteiger partial charge in [-0.1, -0.05) is 12.6 Å². The highest BCUT2D eigenvalue weighted by molar-refractivity contribution is 7.89. The minimum absolute atomic E-state index is 0.0529. The van der Waals surface area contributed by atoms with Crippen LogP contribution in [0.25, 0.3) is 0 Å². The summed E-state index contributed by atoms with van der Waals surface area (Å²) in [7, 11) is -3.68. The van der Waals surface area contributed by atoms with Crippen molar-refractivity contribution in [2.75, 3.05) is 25.0 Å². The Morgan fingerprint density at radius 1 is 1.32 bits per heavy atom. The molecule has 2 rings (SSSR count). The number of carbonyl (C=O) groups is 2. The summed E-state index contributed by atoms with van der Waals surface area (Å²) in [5.74, 6) is -0.0202. The van der Waals surface area contributed by atoms with Gasteiger partial charge < -0.3 is 10.4 Å². The molecule has 2 amide bonds. The fraction of sp³-hybridized carbons (Fsp3) is 0.375. The van der Waals surface area contributed by atoms with Gasteiger partial charge in [-0.25, -0.2) is 13.2 Å². The number of rotatable bonds is 6. The first-order chi connectivity index (χ1) is 11.8. The number of carboxylic acid groups (broad SMARTS) is 1. The number of hydrogen-bond acceptors (Lipinski definition) is 4. The van der Waals surface area contributed by atoms with Gasteiger partial charge in [-0.05, 0) is 43.0 Å². The Kier molecular flexibility index (Phi) is 6.16. The first-order valence-corrected chi connectivity index (χ1v) is 9.27. The third-order valence-electron chi connectivity index (χ3n) is 4.05. The molecular formula is C16H21N3O5S. The van der Waals surface area contributed by atoms with Crippen LogP contribution in [0.4, 0.5) is 10.5 Å². The second-order valence-corrected chi connectivity index (χ2v) is 7.69. The summed E-state index contributed by atoms with van der Waals surface area (Å²) < 4.78 is 26.8. The Morgan fingerprint density at radius 2 is 2.00 bits per heavy atom. The van der Waals surface area contributed by atoms with Crippen LogP contribution in [-0.4, -0.2) is 49.5 Å².